The SMILES string of the molecule is [2H]C([2H])([2H])CC(=O)c1cnc(NC(=O)C2CC2)cc1Nc1nc2ccc(N3CC(OC)C3)cn2n1. The first-order chi connectivity index (χ1) is 16.7. The molecule has 1 aliphatic heterocycles. The predicted octanol–water partition coefficient (Wildman–Crippen LogP) is 2.64. The molecule has 3 aromatic rings. The Morgan fingerprint density at radius 2 is 2.16 bits per heavy atom. The maximum atomic E-state index is 12.7. The maximum absolute atomic E-state index is 12.7. The van der Waals surface area contributed by atoms with Gasteiger partial charge in [0.1, 0.15) is 5.82 Å². The summed E-state index contributed by atoms with van der Waals surface area (Å²) in [6, 6.07) is 5.28. The average molecular weight is 439 g/mol. The molecule has 1 amide bonds. The first kappa shape index (κ1) is 17.1. The zero-order valence-corrected chi connectivity index (χ0v) is 17.5. The first-order valence-corrected chi connectivity index (χ1v) is 10.4. The highest BCUT2D eigenvalue weighted by Crippen LogP contribution is 2.31. The van der Waals surface area contributed by atoms with Crippen LogP contribution >= 0.6 is 0 Å². The highest BCUT2D eigenvalue weighted by Gasteiger charge is 2.30. The van der Waals surface area contributed by atoms with E-state index in [9.17, 15) is 9.59 Å². The van der Waals surface area contributed by atoms with Crippen LogP contribution in [0.1, 0.15) is 40.6 Å². The van der Waals surface area contributed by atoms with Gasteiger partial charge in [-0.3, -0.25) is 9.59 Å². The summed E-state index contributed by atoms with van der Waals surface area (Å²) in [6.45, 7) is -0.837. The second-order valence-electron chi connectivity index (χ2n) is 7.99. The molecule has 5 rings (SSSR count). The number of carbonyl (C=O) groups excluding carboxylic acids is 2. The van der Waals surface area contributed by atoms with Crippen molar-refractivity contribution in [3.63, 3.8) is 0 Å². The van der Waals surface area contributed by atoms with Gasteiger partial charge in [-0.05, 0) is 25.0 Å². The van der Waals surface area contributed by atoms with Crippen molar-refractivity contribution < 1.29 is 18.4 Å². The molecule has 10 nitrogen and oxygen atoms in total. The average Bonchev–Trinajstić information content (AvgIpc) is 3.52. The smallest absolute Gasteiger partial charge is 0.247 e. The summed E-state index contributed by atoms with van der Waals surface area (Å²) in [5.74, 6) is -0.285. The molecule has 2 aliphatic rings. The van der Waals surface area contributed by atoms with Gasteiger partial charge in [0.05, 0.1) is 29.2 Å². The minimum Gasteiger partial charge on any atom is -0.378 e. The van der Waals surface area contributed by atoms with Crippen molar-refractivity contribution in [1.29, 1.82) is 0 Å². The Morgan fingerprint density at radius 3 is 2.91 bits per heavy atom. The normalized spacial score (nSPS) is 17.9. The van der Waals surface area contributed by atoms with Gasteiger partial charge < -0.3 is 20.3 Å². The predicted molar refractivity (Wildman–Crippen MR) is 119 cm³/mol. The minimum absolute atomic E-state index is 0.0232. The van der Waals surface area contributed by atoms with Crippen LogP contribution in [0, 0.1) is 5.92 Å². The van der Waals surface area contributed by atoms with E-state index in [4.69, 9.17) is 8.85 Å². The van der Waals surface area contributed by atoms with E-state index in [1.165, 1.54) is 12.3 Å². The summed E-state index contributed by atoms with van der Waals surface area (Å²) in [6.07, 6.45) is 4.37. The number of hydrogen-bond donors (Lipinski definition) is 2. The molecule has 0 atom stereocenters. The van der Waals surface area contributed by atoms with Crippen LogP contribution in [-0.2, 0) is 9.53 Å². The molecule has 166 valence electrons. The third-order valence-electron chi connectivity index (χ3n) is 5.67. The molecule has 0 aromatic carbocycles. The van der Waals surface area contributed by atoms with Crippen LogP contribution in [0.2, 0.25) is 0 Å². The van der Waals surface area contributed by atoms with Crippen LogP contribution in [0.3, 0.4) is 0 Å². The number of carbonyl (C=O) groups is 2. The quantitative estimate of drug-likeness (QED) is 0.516. The first-order valence-electron chi connectivity index (χ1n) is 11.9. The topological polar surface area (TPSA) is 114 Å². The molecule has 32 heavy (non-hydrogen) atoms. The molecule has 1 saturated heterocycles. The largest absolute Gasteiger partial charge is 0.378 e. The van der Waals surface area contributed by atoms with Gasteiger partial charge in [0.15, 0.2) is 11.4 Å². The fraction of sp³-hybridized carbons (Fsp3) is 0.409. The molecule has 0 radical (unpaired) electrons. The van der Waals surface area contributed by atoms with Gasteiger partial charge in [0.2, 0.25) is 11.9 Å². The molecule has 1 saturated carbocycles. The van der Waals surface area contributed by atoms with E-state index in [0.717, 1.165) is 31.6 Å². The van der Waals surface area contributed by atoms with E-state index in [2.05, 4.69) is 30.6 Å². The fourth-order valence-electron chi connectivity index (χ4n) is 3.55. The Bertz CT molecular complexity index is 1280. The number of anilines is 4. The van der Waals surface area contributed by atoms with Crippen LogP contribution in [-0.4, -0.2) is 57.6 Å². The van der Waals surface area contributed by atoms with Gasteiger partial charge in [-0.15, -0.1) is 5.10 Å². The zero-order chi connectivity index (χ0) is 24.7. The maximum Gasteiger partial charge on any atom is 0.247 e. The Morgan fingerprint density at radius 1 is 1.31 bits per heavy atom. The number of methoxy groups -OCH3 is 1. The summed E-state index contributed by atoms with van der Waals surface area (Å²) in [4.78, 5) is 35.6. The lowest BCUT2D eigenvalue weighted by molar-refractivity contribution is -0.117. The summed E-state index contributed by atoms with van der Waals surface area (Å²) in [5, 5.41) is 10.2. The molecule has 2 fully saturated rings. The molecular weight excluding hydrogens is 410 g/mol. The standard InChI is InChI=1S/C22H25N7O3/c1-3-18(30)16-9-23-19(25-21(31)13-4-5-13)8-17(16)24-22-26-20-7-6-14(10-29(20)27-22)28-11-15(12-28)32-2/h6-10,13,15H,3-5,11-12H2,1-2H3,(H2,23,24,25,27,31)/i1D3. The molecule has 0 unspecified atom stereocenters. The number of aromatic nitrogens is 4. The van der Waals surface area contributed by atoms with Gasteiger partial charge in [0, 0.05) is 48.9 Å². The third-order valence-corrected chi connectivity index (χ3v) is 5.67. The molecule has 10 heteroatoms. The van der Waals surface area contributed by atoms with Gasteiger partial charge in [0.25, 0.3) is 0 Å². The second kappa shape index (κ2) is 8.19. The Kier molecular flexibility index (Phi) is 4.37. The van der Waals surface area contributed by atoms with Crippen molar-refractivity contribution in [2.24, 2.45) is 5.92 Å². The monoisotopic (exact) mass is 438 g/mol. The number of nitrogens with zero attached hydrogens (tertiary/aromatic N) is 5. The van der Waals surface area contributed by atoms with Crippen molar-refractivity contribution in [3.8, 4) is 0 Å². The van der Waals surface area contributed by atoms with E-state index in [1.54, 1.807) is 11.6 Å². The van der Waals surface area contributed by atoms with Crippen LogP contribution in [0.4, 0.5) is 23.1 Å². The van der Waals surface area contributed by atoms with Crippen molar-refractivity contribution in [1.82, 2.24) is 19.6 Å². The van der Waals surface area contributed by atoms with Gasteiger partial charge >= 0.3 is 0 Å². The number of rotatable bonds is 8. The lowest BCUT2D eigenvalue weighted by Gasteiger charge is -2.39. The van der Waals surface area contributed by atoms with Crippen LogP contribution in [0.25, 0.3) is 5.65 Å². The highest BCUT2D eigenvalue weighted by molar-refractivity contribution is 6.02. The number of nitrogens with one attached hydrogen (secondary N) is 2. The summed E-state index contributed by atoms with van der Waals surface area (Å²) < 4.78 is 29.3. The number of hydrogen-bond acceptors (Lipinski definition) is 8. The number of amides is 1. The van der Waals surface area contributed by atoms with Gasteiger partial charge in [-0.1, -0.05) is 6.85 Å². The van der Waals surface area contributed by atoms with Crippen molar-refractivity contribution in [2.75, 3.05) is 35.7 Å². The molecule has 4 heterocycles. The summed E-state index contributed by atoms with van der Waals surface area (Å²) >= 11 is 0. The Hall–Kier alpha value is -3.53. The number of fused-ring (bicyclic) bond motifs is 1. The van der Waals surface area contributed by atoms with Crippen LogP contribution in [0.5, 0.6) is 0 Å². The molecule has 0 bridgehead atoms. The van der Waals surface area contributed by atoms with Crippen LogP contribution in [0.15, 0.2) is 30.6 Å². The Labute approximate surface area is 189 Å². The molecule has 3 aromatic heterocycles. The molecular formula is C22H25N7O3. The number of ketones is 1. The lowest BCUT2D eigenvalue weighted by Crippen LogP contribution is -2.51. The minimum atomic E-state index is -2.43. The molecule has 2 N–H and O–H groups in total. The number of ether oxygens (including phenoxy) is 1. The van der Waals surface area contributed by atoms with Gasteiger partial charge in [-0.25, -0.2) is 9.50 Å². The second-order valence-corrected chi connectivity index (χ2v) is 7.99. The zero-order valence-electron chi connectivity index (χ0n) is 20.5. The Balaban J connectivity index is 1.41. The van der Waals surface area contributed by atoms with E-state index < -0.39 is 19.1 Å². The summed E-state index contributed by atoms with van der Waals surface area (Å²) in [5.41, 5.74) is 1.91. The number of Topliss-reactive ketones (excluding diaryl/α,β-unsaturated/α-hetero) is 1. The van der Waals surface area contributed by atoms with E-state index >= 15 is 0 Å². The van der Waals surface area contributed by atoms with Crippen LogP contribution < -0.4 is 15.5 Å². The van der Waals surface area contributed by atoms with Crippen molar-refractivity contribution >= 4 is 40.5 Å². The fourth-order valence-corrected chi connectivity index (χ4v) is 3.55. The van der Waals surface area contributed by atoms with E-state index in [1.807, 2.05) is 18.3 Å². The van der Waals surface area contributed by atoms with E-state index in [0.29, 0.717) is 5.65 Å². The van der Waals surface area contributed by atoms with E-state index in [-0.39, 0.29) is 40.9 Å². The van der Waals surface area contributed by atoms with Crippen molar-refractivity contribution in [2.45, 2.75) is 32.2 Å². The lowest BCUT2D eigenvalue weighted by atomic mass is 10.1. The summed E-state index contributed by atoms with van der Waals surface area (Å²) in [7, 11) is 1.69. The molecule has 0 spiro atoms. The highest BCUT2D eigenvalue weighted by atomic mass is 16.5. The van der Waals surface area contributed by atoms with Crippen molar-refractivity contribution in [3.05, 3.63) is 36.2 Å². The van der Waals surface area contributed by atoms with Gasteiger partial charge in [-0.2, -0.15) is 4.98 Å². The third kappa shape index (κ3) is 4.01. The number of pyridine rings is 2. The molecule has 1 aliphatic carbocycles.